The van der Waals surface area contributed by atoms with Crippen LogP contribution in [0.3, 0.4) is 0 Å². The highest BCUT2D eigenvalue weighted by Gasteiger charge is 2.11. The molecule has 0 bridgehead atoms. The summed E-state index contributed by atoms with van der Waals surface area (Å²) in [4.78, 5) is 7.95. The summed E-state index contributed by atoms with van der Waals surface area (Å²) >= 11 is 1.74. The summed E-state index contributed by atoms with van der Waals surface area (Å²) in [6.07, 6.45) is 7.45. The van der Waals surface area contributed by atoms with E-state index >= 15 is 0 Å². The lowest BCUT2D eigenvalue weighted by molar-refractivity contribution is 0.477. The molecule has 1 aromatic heterocycles. The number of aromatic nitrogens is 1. The quantitative estimate of drug-likeness (QED) is 0.768. The van der Waals surface area contributed by atoms with Crippen molar-refractivity contribution in [2.24, 2.45) is 5.92 Å². The highest BCUT2D eigenvalue weighted by Crippen LogP contribution is 2.22. The molecule has 1 aromatic rings. The normalized spacial score (nSPS) is 12.4. The predicted molar refractivity (Wildman–Crippen MR) is 80.0 cm³/mol. The van der Waals surface area contributed by atoms with Crippen molar-refractivity contribution in [2.45, 2.75) is 40.3 Å². The number of nitrogens with one attached hydrogen (secondary N) is 1. The van der Waals surface area contributed by atoms with E-state index in [1.165, 1.54) is 4.88 Å². The van der Waals surface area contributed by atoms with Gasteiger partial charge >= 0.3 is 0 Å². The molecule has 18 heavy (non-hydrogen) atoms. The van der Waals surface area contributed by atoms with Crippen LogP contribution in [0.5, 0.6) is 0 Å². The molecule has 0 spiro atoms. The fourth-order valence-electron chi connectivity index (χ4n) is 1.72. The minimum absolute atomic E-state index is 0.129. The molecular weight excluding hydrogens is 242 g/mol. The molecule has 1 unspecified atom stereocenters. The van der Waals surface area contributed by atoms with E-state index in [-0.39, 0.29) is 6.04 Å². The molecule has 0 saturated carbocycles. The van der Waals surface area contributed by atoms with Gasteiger partial charge in [0.2, 0.25) is 0 Å². The fraction of sp³-hybridized carbons (Fsp3) is 0.643. The molecule has 1 atom stereocenters. The van der Waals surface area contributed by atoms with Gasteiger partial charge in [-0.15, -0.1) is 17.8 Å². The first-order valence-electron chi connectivity index (χ1n) is 6.51. The highest BCUT2D eigenvalue weighted by atomic mass is 32.1. The first kappa shape index (κ1) is 15.0. The Balaban J connectivity index is 2.57. The Morgan fingerprint density at radius 1 is 1.44 bits per heavy atom. The van der Waals surface area contributed by atoms with Crippen LogP contribution >= 0.6 is 11.3 Å². The molecule has 0 amide bonds. The summed E-state index contributed by atoms with van der Waals surface area (Å²) in [5, 5.41) is 4.49. The van der Waals surface area contributed by atoms with Gasteiger partial charge in [-0.05, 0) is 19.8 Å². The van der Waals surface area contributed by atoms with Crippen molar-refractivity contribution in [3.8, 4) is 12.3 Å². The lowest BCUT2D eigenvalue weighted by Gasteiger charge is -2.17. The summed E-state index contributed by atoms with van der Waals surface area (Å²) in [6.45, 7) is 11.3. The second-order valence-corrected chi connectivity index (χ2v) is 5.64. The van der Waals surface area contributed by atoms with Crippen LogP contribution in [0, 0.1) is 18.3 Å². The third-order valence-corrected chi connectivity index (χ3v) is 3.98. The van der Waals surface area contributed by atoms with E-state index in [1.54, 1.807) is 11.3 Å². The van der Waals surface area contributed by atoms with Crippen LogP contribution in [0.4, 0.5) is 5.13 Å². The maximum Gasteiger partial charge on any atom is 0.185 e. The number of nitrogens with zero attached hydrogens (tertiary/aromatic N) is 2. The van der Waals surface area contributed by atoms with Gasteiger partial charge in [-0.1, -0.05) is 19.8 Å². The maximum atomic E-state index is 5.50. The molecule has 0 aliphatic rings. The molecule has 0 radical (unpaired) electrons. The number of terminal acetylenes is 1. The molecule has 1 rings (SSSR count). The zero-order chi connectivity index (χ0) is 13.5. The van der Waals surface area contributed by atoms with Crippen molar-refractivity contribution in [1.29, 1.82) is 0 Å². The van der Waals surface area contributed by atoms with Crippen molar-refractivity contribution in [2.75, 3.05) is 18.0 Å². The van der Waals surface area contributed by atoms with Crippen LogP contribution in [0.1, 0.15) is 32.6 Å². The van der Waals surface area contributed by atoms with E-state index in [0.717, 1.165) is 24.8 Å². The van der Waals surface area contributed by atoms with Gasteiger partial charge in [0.1, 0.15) is 0 Å². The van der Waals surface area contributed by atoms with E-state index in [0.29, 0.717) is 5.92 Å². The lowest BCUT2D eigenvalue weighted by Crippen LogP contribution is -2.31. The van der Waals surface area contributed by atoms with E-state index < -0.39 is 0 Å². The monoisotopic (exact) mass is 265 g/mol. The number of anilines is 1. The second-order valence-electron chi connectivity index (χ2n) is 4.55. The van der Waals surface area contributed by atoms with Gasteiger partial charge in [-0.25, -0.2) is 4.98 Å². The lowest BCUT2D eigenvalue weighted by atomic mass is 10.1. The zero-order valence-electron chi connectivity index (χ0n) is 11.7. The van der Waals surface area contributed by atoms with Gasteiger partial charge in [0.05, 0.1) is 6.04 Å². The number of hydrogen-bond donors (Lipinski definition) is 1. The molecule has 0 fully saturated rings. The van der Waals surface area contributed by atoms with Gasteiger partial charge in [0, 0.05) is 30.7 Å². The van der Waals surface area contributed by atoms with E-state index in [9.17, 15) is 0 Å². The van der Waals surface area contributed by atoms with Crippen molar-refractivity contribution in [3.05, 3.63) is 11.1 Å². The number of thiazole rings is 1. The topological polar surface area (TPSA) is 28.2 Å². The van der Waals surface area contributed by atoms with Crippen LogP contribution in [0.25, 0.3) is 0 Å². The van der Waals surface area contributed by atoms with Gasteiger partial charge in [0.25, 0.3) is 0 Å². The van der Waals surface area contributed by atoms with Gasteiger partial charge in [-0.2, -0.15) is 0 Å². The van der Waals surface area contributed by atoms with Crippen molar-refractivity contribution < 1.29 is 0 Å². The summed E-state index contributed by atoms with van der Waals surface area (Å²) in [6, 6.07) is 0.129. The Bertz CT molecular complexity index is 388. The SMILES string of the molecule is C#CC(NCc1cnc(N(CC)CC)s1)C(C)C. The fourth-order valence-corrected chi connectivity index (χ4v) is 2.70. The molecule has 1 heterocycles. The standard InChI is InChI=1S/C14H23N3S/c1-6-13(11(4)5)15-9-12-10-16-14(18-12)17(7-2)8-3/h1,10-11,13,15H,7-9H2,2-5H3. The van der Waals surface area contributed by atoms with Gasteiger partial charge in [0.15, 0.2) is 5.13 Å². The van der Waals surface area contributed by atoms with Crippen LogP contribution in [-0.4, -0.2) is 24.1 Å². The zero-order valence-corrected chi connectivity index (χ0v) is 12.5. The Morgan fingerprint density at radius 2 is 2.11 bits per heavy atom. The molecule has 4 heteroatoms. The van der Waals surface area contributed by atoms with Gasteiger partial charge in [-0.3, -0.25) is 5.32 Å². The molecule has 0 aliphatic carbocycles. The second kappa shape index (κ2) is 7.40. The highest BCUT2D eigenvalue weighted by molar-refractivity contribution is 7.15. The molecule has 0 saturated heterocycles. The summed E-state index contributed by atoms with van der Waals surface area (Å²) in [5.41, 5.74) is 0. The largest absolute Gasteiger partial charge is 0.349 e. The Kier molecular flexibility index (Phi) is 6.17. The van der Waals surface area contributed by atoms with E-state index in [2.05, 4.69) is 48.8 Å². The Labute approximate surface area is 115 Å². The third kappa shape index (κ3) is 4.01. The van der Waals surface area contributed by atoms with E-state index in [4.69, 9.17) is 6.42 Å². The van der Waals surface area contributed by atoms with Crippen molar-refractivity contribution in [3.63, 3.8) is 0 Å². The molecular formula is C14H23N3S. The first-order valence-corrected chi connectivity index (χ1v) is 7.33. The van der Waals surface area contributed by atoms with Crippen molar-refractivity contribution >= 4 is 16.5 Å². The smallest absolute Gasteiger partial charge is 0.185 e. The maximum absolute atomic E-state index is 5.50. The Hall–Kier alpha value is -1.05. The average molecular weight is 265 g/mol. The predicted octanol–water partition coefficient (Wildman–Crippen LogP) is 2.74. The molecule has 100 valence electrons. The van der Waals surface area contributed by atoms with Crippen molar-refractivity contribution in [1.82, 2.24) is 10.3 Å². The molecule has 3 nitrogen and oxygen atoms in total. The summed E-state index contributed by atoms with van der Waals surface area (Å²) < 4.78 is 0. The molecule has 0 aliphatic heterocycles. The van der Waals surface area contributed by atoms with E-state index in [1.807, 2.05) is 6.20 Å². The summed E-state index contributed by atoms with van der Waals surface area (Å²) in [7, 11) is 0. The summed E-state index contributed by atoms with van der Waals surface area (Å²) in [5.74, 6) is 3.24. The van der Waals surface area contributed by atoms with Gasteiger partial charge < -0.3 is 4.90 Å². The molecule has 0 aromatic carbocycles. The minimum Gasteiger partial charge on any atom is -0.349 e. The van der Waals surface area contributed by atoms with Crippen LogP contribution in [0.15, 0.2) is 6.20 Å². The average Bonchev–Trinajstić information content (AvgIpc) is 2.80. The van der Waals surface area contributed by atoms with Crippen LogP contribution < -0.4 is 10.2 Å². The minimum atomic E-state index is 0.129. The van der Waals surface area contributed by atoms with Crippen LogP contribution in [0.2, 0.25) is 0 Å². The third-order valence-electron chi connectivity index (χ3n) is 2.92. The Morgan fingerprint density at radius 3 is 2.61 bits per heavy atom. The molecule has 1 N–H and O–H groups in total. The number of hydrogen-bond acceptors (Lipinski definition) is 4. The van der Waals surface area contributed by atoms with Crippen LogP contribution in [-0.2, 0) is 6.54 Å². The number of rotatable bonds is 7. The first-order chi connectivity index (χ1) is 8.62.